The summed E-state index contributed by atoms with van der Waals surface area (Å²) in [6.45, 7) is 1.75. The molecule has 5 heteroatoms. The molecule has 0 aromatic carbocycles. The van der Waals surface area contributed by atoms with Gasteiger partial charge >= 0.3 is 5.97 Å². The van der Waals surface area contributed by atoms with E-state index in [-0.39, 0.29) is 5.76 Å². The molecule has 0 fully saturated rings. The molecular weight excluding hydrogens is 172 g/mol. The summed E-state index contributed by atoms with van der Waals surface area (Å²) in [7, 11) is 0. The molecule has 13 heavy (non-hydrogen) atoms. The molecule has 0 amide bonds. The maximum atomic E-state index is 10.5. The van der Waals surface area contributed by atoms with Gasteiger partial charge in [-0.25, -0.2) is 4.79 Å². The Balaban J connectivity index is 2.75. The second kappa shape index (κ2) is 2.55. The average molecular weight is 178 g/mol. The number of fused-ring (bicyclic) bond motifs is 1. The van der Waals surface area contributed by atoms with Crippen LogP contribution >= 0.6 is 0 Å². The van der Waals surface area contributed by atoms with E-state index in [9.17, 15) is 4.79 Å². The molecule has 0 unspecified atom stereocenters. The van der Waals surface area contributed by atoms with Crippen molar-refractivity contribution in [2.45, 2.75) is 6.92 Å². The first-order valence-electron chi connectivity index (χ1n) is 3.63. The summed E-state index contributed by atoms with van der Waals surface area (Å²) in [6.07, 6.45) is 1.40. The van der Waals surface area contributed by atoms with Crippen LogP contribution in [-0.4, -0.2) is 21.3 Å². The summed E-state index contributed by atoms with van der Waals surface area (Å²) in [4.78, 5) is 10.5. The van der Waals surface area contributed by atoms with Crippen molar-refractivity contribution in [2.75, 3.05) is 0 Å². The predicted molar refractivity (Wildman–Crippen MR) is 43.5 cm³/mol. The van der Waals surface area contributed by atoms with E-state index in [2.05, 4.69) is 10.2 Å². The van der Waals surface area contributed by atoms with Gasteiger partial charge in [0.1, 0.15) is 0 Å². The van der Waals surface area contributed by atoms with E-state index in [1.807, 2.05) is 0 Å². The van der Waals surface area contributed by atoms with Crippen molar-refractivity contribution < 1.29 is 14.3 Å². The van der Waals surface area contributed by atoms with Crippen LogP contribution in [0.25, 0.3) is 11.0 Å². The zero-order valence-electron chi connectivity index (χ0n) is 6.81. The van der Waals surface area contributed by atoms with Crippen molar-refractivity contribution in [3.8, 4) is 0 Å². The van der Waals surface area contributed by atoms with Crippen LogP contribution in [0.5, 0.6) is 0 Å². The van der Waals surface area contributed by atoms with Crippen molar-refractivity contribution in [3.63, 3.8) is 0 Å². The lowest BCUT2D eigenvalue weighted by Crippen LogP contribution is -1.91. The molecule has 0 radical (unpaired) electrons. The molecule has 66 valence electrons. The minimum Gasteiger partial charge on any atom is -0.475 e. The Bertz CT molecular complexity index is 475. The fourth-order valence-electron chi connectivity index (χ4n) is 1.11. The number of carboxylic acid groups (broad SMARTS) is 1. The van der Waals surface area contributed by atoms with Crippen LogP contribution in [0.1, 0.15) is 16.2 Å². The lowest BCUT2D eigenvalue weighted by Gasteiger charge is -1.88. The zero-order valence-corrected chi connectivity index (χ0v) is 6.81. The van der Waals surface area contributed by atoms with Crippen molar-refractivity contribution in [2.24, 2.45) is 0 Å². The molecule has 2 heterocycles. The van der Waals surface area contributed by atoms with Crippen LogP contribution in [0.4, 0.5) is 0 Å². The number of aromatic carboxylic acids is 1. The van der Waals surface area contributed by atoms with E-state index in [0.29, 0.717) is 16.7 Å². The third-order valence-electron chi connectivity index (χ3n) is 1.74. The Hall–Kier alpha value is -1.91. The Morgan fingerprint density at radius 2 is 2.38 bits per heavy atom. The molecule has 0 spiro atoms. The number of rotatable bonds is 1. The van der Waals surface area contributed by atoms with E-state index in [0.717, 1.165) is 0 Å². The second-order valence-corrected chi connectivity index (χ2v) is 2.62. The lowest BCUT2D eigenvalue weighted by atomic mass is 10.3. The van der Waals surface area contributed by atoms with Gasteiger partial charge in [0, 0.05) is 11.5 Å². The zero-order chi connectivity index (χ0) is 9.42. The van der Waals surface area contributed by atoms with Crippen molar-refractivity contribution in [1.29, 1.82) is 0 Å². The van der Waals surface area contributed by atoms with Crippen molar-refractivity contribution in [3.05, 3.63) is 23.7 Å². The number of carboxylic acids is 1. The molecule has 0 aliphatic carbocycles. The third-order valence-corrected chi connectivity index (χ3v) is 1.74. The first-order valence-corrected chi connectivity index (χ1v) is 3.63. The number of hydrogen-bond acceptors (Lipinski definition) is 4. The van der Waals surface area contributed by atoms with Gasteiger partial charge in [0.25, 0.3) is 0 Å². The van der Waals surface area contributed by atoms with Gasteiger partial charge in [-0.3, -0.25) is 0 Å². The third kappa shape index (κ3) is 1.14. The number of carbonyl (C=O) groups is 1. The Morgan fingerprint density at radius 3 is 3.00 bits per heavy atom. The topological polar surface area (TPSA) is 76.2 Å². The molecule has 0 aliphatic heterocycles. The summed E-state index contributed by atoms with van der Waals surface area (Å²) in [6, 6.07) is 1.45. The molecule has 0 saturated carbocycles. The summed E-state index contributed by atoms with van der Waals surface area (Å²) < 4.78 is 5.01. The largest absolute Gasteiger partial charge is 0.475 e. The van der Waals surface area contributed by atoms with E-state index < -0.39 is 5.97 Å². The number of aromatic nitrogens is 2. The van der Waals surface area contributed by atoms with E-state index in [4.69, 9.17) is 9.52 Å². The monoisotopic (exact) mass is 178 g/mol. The molecule has 0 bridgehead atoms. The first-order chi connectivity index (χ1) is 6.18. The number of nitrogens with zero attached hydrogens (tertiary/aromatic N) is 2. The van der Waals surface area contributed by atoms with Gasteiger partial charge in [0.2, 0.25) is 5.76 Å². The lowest BCUT2D eigenvalue weighted by molar-refractivity contribution is 0.0665. The molecule has 2 aromatic rings. The maximum absolute atomic E-state index is 10.5. The van der Waals surface area contributed by atoms with Gasteiger partial charge < -0.3 is 9.52 Å². The van der Waals surface area contributed by atoms with Gasteiger partial charge in [-0.05, 0) is 6.92 Å². The van der Waals surface area contributed by atoms with Crippen LogP contribution in [0.3, 0.4) is 0 Å². The summed E-state index contributed by atoms with van der Waals surface area (Å²) in [5.74, 6) is -1.18. The fourth-order valence-corrected chi connectivity index (χ4v) is 1.11. The van der Waals surface area contributed by atoms with Crippen LogP contribution < -0.4 is 0 Å². The van der Waals surface area contributed by atoms with Crippen molar-refractivity contribution >= 4 is 16.9 Å². The van der Waals surface area contributed by atoms with Crippen LogP contribution in [0.15, 0.2) is 16.7 Å². The normalized spacial score (nSPS) is 10.5. The quantitative estimate of drug-likeness (QED) is 0.710. The minimum absolute atomic E-state index is 0.0899. The molecule has 5 nitrogen and oxygen atoms in total. The predicted octanol–water partition coefficient (Wildman–Crippen LogP) is 1.23. The molecule has 0 saturated heterocycles. The molecule has 0 atom stereocenters. The van der Waals surface area contributed by atoms with Gasteiger partial charge in [-0.15, -0.1) is 0 Å². The van der Waals surface area contributed by atoms with E-state index in [1.165, 1.54) is 12.3 Å². The van der Waals surface area contributed by atoms with Crippen LogP contribution in [-0.2, 0) is 0 Å². The average Bonchev–Trinajstić information content (AvgIpc) is 2.49. The SMILES string of the molecule is Cc1nncc2oc(C(=O)O)cc12. The minimum atomic E-state index is -1.09. The van der Waals surface area contributed by atoms with Gasteiger partial charge in [-0.2, -0.15) is 10.2 Å². The highest BCUT2D eigenvalue weighted by Gasteiger charge is 2.11. The summed E-state index contributed by atoms with van der Waals surface area (Å²) in [5, 5.41) is 16.8. The van der Waals surface area contributed by atoms with Gasteiger partial charge in [0.05, 0.1) is 11.9 Å². The molecule has 1 N–H and O–H groups in total. The Labute approximate surface area is 73.0 Å². The smallest absolute Gasteiger partial charge is 0.371 e. The standard InChI is InChI=1S/C8H6N2O3/c1-4-5-2-6(8(11)12)13-7(5)3-9-10-4/h2-3H,1H3,(H,11,12). The van der Waals surface area contributed by atoms with E-state index >= 15 is 0 Å². The van der Waals surface area contributed by atoms with Crippen LogP contribution in [0.2, 0.25) is 0 Å². The highest BCUT2D eigenvalue weighted by molar-refractivity contribution is 5.91. The highest BCUT2D eigenvalue weighted by Crippen LogP contribution is 2.19. The number of hydrogen-bond donors (Lipinski definition) is 1. The van der Waals surface area contributed by atoms with E-state index in [1.54, 1.807) is 6.92 Å². The van der Waals surface area contributed by atoms with Gasteiger partial charge in [-0.1, -0.05) is 0 Å². The maximum Gasteiger partial charge on any atom is 0.371 e. The number of furan rings is 1. The number of aryl methyl sites for hydroxylation is 1. The van der Waals surface area contributed by atoms with Crippen molar-refractivity contribution in [1.82, 2.24) is 10.2 Å². The van der Waals surface area contributed by atoms with Crippen LogP contribution in [0, 0.1) is 6.92 Å². The highest BCUT2D eigenvalue weighted by atomic mass is 16.4. The summed E-state index contributed by atoms with van der Waals surface area (Å²) in [5.41, 5.74) is 1.11. The Kier molecular flexibility index (Phi) is 1.51. The fraction of sp³-hybridized carbons (Fsp3) is 0.125. The molecule has 0 aliphatic rings. The second-order valence-electron chi connectivity index (χ2n) is 2.62. The molecule has 2 rings (SSSR count). The Morgan fingerprint density at radius 1 is 1.62 bits per heavy atom. The molecular formula is C8H6N2O3. The first kappa shape index (κ1) is 7.72. The summed E-state index contributed by atoms with van der Waals surface area (Å²) >= 11 is 0. The molecule has 2 aromatic heterocycles. The van der Waals surface area contributed by atoms with Gasteiger partial charge in [0.15, 0.2) is 5.58 Å².